The Kier molecular flexibility index (Phi) is 8.93. The Hall–Kier alpha value is -2.62. The van der Waals surface area contributed by atoms with Crippen molar-refractivity contribution in [3.63, 3.8) is 0 Å². The highest BCUT2D eigenvalue weighted by atomic mass is 79.9. The third kappa shape index (κ3) is 5.01. The molecule has 0 aromatic heterocycles. The first-order valence-corrected chi connectivity index (χ1v) is 16.4. The summed E-state index contributed by atoms with van der Waals surface area (Å²) < 4.78 is -0.803. The van der Waals surface area contributed by atoms with Crippen LogP contribution in [0.5, 0.6) is 0 Å². The molecule has 42 heavy (non-hydrogen) atoms. The number of likely N-dealkylation sites (tertiary alicyclic amines) is 1. The summed E-state index contributed by atoms with van der Waals surface area (Å²) in [5.41, 5.74) is 0.724. The summed E-state index contributed by atoms with van der Waals surface area (Å²) in [6, 6.07) is 12.5. The molecule has 9 heteroatoms. The molecule has 0 radical (unpaired) electrons. The summed E-state index contributed by atoms with van der Waals surface area (Å²) >= 11 is 5.46. The van der Waals surface area contributed by atoms with Gasteiger partial charge >= 0.3 is 0 Å². The van der Waals surface area contributed by atoms with Crippen LogP contribution in [-0.4, -0.2) is 86.3 Å². The number of nitrogens with zero attached hydrogens (tertiary/aromatic N) is 3. The smallest absolute Gasteiger partial charge is 0.251 e. The van der Waals surface area contributed by atoms with Crippen LogP contribution in [-0.2, 0) is 14.4 Å². The van der Waals surface area contributed by atoms with Crippen LogP contribution in [0.2, 0.25) is 0 Å². The Morgan fingerprint density at radius 2 is 1.83 bits per heavy atom. The molecular weight excluding hydrogens is 614 g/mol. The Morgan fingerprint density at radius 1 is 1.14 bits per heavy atom. The number of benzene rings is 2. The molecule has 1 N–H and O–H groups in total. The Morgan fingerprint density at radius 3 is 2.48 bits per heavy atom. The van der Waals surface area contributed by atoms with Gasteiger partial charge in [0.25, 0.3) is 5.91 Å². The minimum atomic E-state index is -0.838. The summed E-state index contributed by atoms with van der Waals surface area (Å²) in [7, 11) is 1.73. The van der Waals surface area contributed by atoms with Crippen molar-refractivity contribution in [1.29, 1.82) is 0 Å². The zero-order chi connectivity index (χ0) is 30.3. The van der Waals surface area contributed by atoms with Gasteiger partial charge in [-0.2, -0.15) is 0 Å². The van der Waals surface area contributed by atoms with E-state index in [1.165, 1.54) is 0 Å². The average Bonchev–Trinajstić information content (AvgIpc) is 3.56. The van der Waals surface area contributed by atoms with Crippen molar-refractivity contribution >= 4 is 61.9 Å². The van der Waals surface area contributed by atoms with Crippen molar-refractivity contribution in [3.8, 4) is 0 Å². The van der Waals surface area contributed by atoms with Gasteiger partial charge in [0.2, 0.25) is 11.8 Å². The number of anilines is 1. The Bertz CT molecular complexity index is 1400. The lowest BCUT2D eigenvalue weighted by Crippen LogP contribution is -2.58. The van der Waals surface area contributed by atoms with Crippen molar-refractivity contribution in [2.45, 2.75) is 53.6 Å². The fourth-order valence-electron chi connectivity index (χ4n) is 7.32. The van der Waals surface area contributed by atoms with Gasteiger partial charge in [0, 0.05) is 35.9 Å². The lowest BCUT2D eigenvalue weighted by Gasteiger charge is -2.40. The van der Waals surface area contributed by atoms with E-state index in [9.17, 15) is 19.5 Å². The predicted molar refractivity (Wildman–Crippen MR) is 174 cm³/mol. The largest absolute Gasteiger partial charge is 0.394 e. The molecule has 3 aliphatic rings. The van der Waals surface area contributed by atoms with Crippen LogP contribution >= 0.6 is 27.7 Å². The standard InChI is InChI=1S/C33H40BrN3O4S/c1-6-14-35(5)30(39)26-27-31(40)37(24(19-38)16-20(3)4)29(33(27)18-25(34)28(26)42-33)32(41)36(15-7-2)23-13-12-21-10-8-9-11-22(21)17-23/h6-13,17,20,24-29,38H,1-2,14-16,18-19H2,3-5H3/t24-,25?,26-,27+,28-,29?,33?/m1/s1. The van der Waals surface area contributed by atoms with Gasteiger partial charge in [-0.25, -0.2) is 0 Å². The van der Waals surface area contributed by atoms with Gasteiger partial charge in [-0.15, -0.1) is 24.9 Å². The van der Waals surface area contributed by atoms with Crippen molar-refractivity contribution in [3.05, 3.63) is 67.8 Å². The van der Waals surface area contributed by atoms with Crippen LogP contribution in [0.15, 0.2) is 67.8 Å². The van der Waals surface area contributed by atoms with Gasteiger partial charge in [0.15, 0.2) is 0 Å². The lowest BCUT2D eigenvalue weighted by molar-refractivity contribution is -0.145. The third-order valence-corrected chi connectivity index (χ3v) is 12.2. The number of likely N-dealkylation sites (N-methyl/N-ethyl adjacent to an activating group) is 1. The molecule has 1 spiro atoms. The second kappa shape index (κ2) is 12.2. The molecule has 0 saturated carbocycles. The number of aliphatic hydroxyl groups excluding tert-OH is 1. The molecule has 7 nitrogen and oxygen atoms in total. The van der Waals surface area contributed by atoms with Crippen LogP contribution in [0, 0.1) is 17.8 Å². The van der Waals surface area contributed by atoms with Crippen molar-refractivity contribution < 1.29 is 19.5 Å². The highest BCUT2D eigenvalue weighted by Gasteiger charge is 2.76. The number of thioether (sulfide) groups is 1. The van der Waals surface area contributed by atoms with Crippen LogP contribution in [0.1, 0.15) is 26.7 Å². The van der Waals surface area contributed by atoms with E-state index in [4.69, 9.17) is 0 Å². The highest BCUT2D eigenvalue weighted by Crippen LogP contribution is 2.68. The Labute approximate surface area is 261 Å². The SMILES string of the molecule is C=CCN(C)C(=O)[C@H]1[C@@H]2SC3(CC2Br)C(C(=O)N(CC=C)c2ccc4ccccc4c2)N([C@@H](CO)CC(C)C)C(=O)[C@H]13. The molecule has 3 amide bonds. The number of hydrogen-bond acceptors (Lipinski definition) is 5. The number of fused-ring (bicyclic) bond motifs is 2. The number of aliphatic hydroxyl groups is 1. The number of carbonyl (C=O) groups is 3. The van der Waals surface area contributed by atoms with Crippen molar-refractivity contribution in [2.24, 2.45) is 17.8 Å². The maximum atomic E-state index is 14.9. The molecule has 0 aliphatic carbocycles. The van der Waals surface area contributed by atoms with Crippen LogP contribution < -0.4 is 4.90 Å². The van der Waals surface area contributed by atoms with Crippen LogP contribution in [0.3, 0.4) is 0 Å². The van der Waals surface area contributed by atoms with Gasteiger partial charge in [-0.05, 0) is 41.7 Å². The van der Waals surface area contributed by atoms with E-state index in [1.807, 2.05) is 56.3 Å². The second-order valence-electron chi connectivity index (χ2n) is 12.2. The van der Waals surface area contributed by atoms with E-state index in [2.05, 4.69) is 29.1 Å². The number of carbonyl (C=O) groups excluding carboxylic acids is 3. The summed E-state index contributed by atoms with van der Waals surface area (Å²) in [5, 5.41) is 12.5. The number of amides is 3. The summed E-state index contributed by atoms with van der Waals surface area (Å²) in [5.74, 6) is -1.55. The Balaban J connectivity index is 1.63. The molecule has 2 bridgehead atoms. The van der Waals surface area contributed by atoms with Gasteiger partial charge in [0.1, 0.15) is 6.04 Å². The predicted octanol–water partition coefficient (Wildman–Crippen LogP) is 4.87. The monoisotopic (exact) mass is 653 g/mol. The number of hydrogen-bond donors (Lipinski definition) is 1. The molecule has 3 fully saturated rings. The zero-order valence-electron chi connectivity index (χ0n) is 24.5. The summed E-state index contributed by atoms with van der Waals surface area (Å²) in [4.78, 5) is 48.3. The molecule has 3 saturated heterocycles. The van der Waals surface area contributed by atoms with E-state index in [0.29, 0.717) is 19.4 Å². The molecule has 5 rings (SSSR count). The van der Waals surface area contributed by atoms with Gasteiger partial charge in [-0.1, -0.05) is 72.3 Å². The second-order valence-corrected chi connectivity index (χ2v) is 14.9. The number of rotatable bonds is 11. The molecular formula is C33H40BrN3O4S. The van der Waals surface area contributed by atoms with Gasteiger partial charge < -0.3 is 19.8 Å². The molecule has 224 valence electrons. The normalized spacial score (nSPS) is 28.7. The maximum absolute atomic E-state index is 14.9. The van der Waals surface area contributed by atoms with E-state index in [0.717, 1.165) is 16.5 Å². The van der Waals surface area contributed by atoms with E-state index < -0.39 is 28.7 Å². The van der Waals surface area contributed by atoms with E-state index in [1.54, 1.807) is 45.7 Å². The lowest BCUT2D eigenvalue weighted by atomic mass is 9.70. The minimum absolute atomic E-state index is 0.0286. The quantitative estimate of drug-likeness (QED) is 0.276. The van der Waals surface area contributed by atoms with Crippen molar-refractivity contribution in [1.82, 2.24) is 9.80 Å². The van der Waals surface area contributed by atoms with Crippen LogP contribution in [0.4, 0.5) is 5.69 Å². The molecule has 3 heterocycles. The summed E-state index contributed by atoms with van der Waals surface area (Å²) in [6.07, 6.45) is 4.51. The maximum Gasteiger partial charge on any atom is 0.251 e. The number of alkyl halides is 1. The van der Waals surface area contributed by atoms with Gasteiger partial charge in [0.05, 0.1) is 29.2 Å². The zero-order valence-corrected chi connectivity index (χ0v) is 26.9. The minimum Gasteiger partial charge on any atom is -0.394 e. The molecule has 7 atom stereocenters. The van der Waals surface area contributed by atoms with E-state index >= 15 is 0 Å². The first kappa shape index (κ1) is 30.8. The number of halogens is 1. The molecule has 3 unspecified atom stereocenters. The first-order valence-electron chi connectivity index (χ1n) is 14.6. The van der Waals surface area contributed by atoms with Gasteiger partial charge in [-0.3, -0.25) is 14.4 Å². The fourth-order valence-corrected chi connectivity index (χ4v) is 10.9. The van der Waals surface area contributed by atoms with Crippen molar-refractivity contribution in [2.75, 3.05) is 31.6 Å². The molecule has 2 aromatic rings. The average molecular weight is 655 g/mol. The molecule has 3 aliphatic heterocycles. The third-order valence-electron chi connectivity index (χ3n) is 9.00. The fraction of sp³-hybridized carbons (Fsp3) is 0.485. The highest BCUT2D eigenvalue weighted by molar-refractivity contribution is 9.09. The summed E-state index contributed by atoms with van der Waals surface area (Å²) in [6.45, 7) is 12.2. The topological polar surface area (TPSA) is 81.2 Å². The van der Waals surface area contributed by atoms with E-state index in [-0.39, 0.29) is 46.9 Å². The first-order chi connectivity index (χ1) is 20.1. The molecule has 2 aromatic carbocycles. The van der Waals surface area contributed by atoms with Crippen LogP contribution in [0.25, 0.3) is 10.8 Å².